The Labute approximate surface area is 135 Å². The van der Waals surface area contributed by atoms with E-state index >= 15 is 0 Å². The third-order valence-electron chi connectivity index (χ3n) is 2.61. The predicted molar refractivity (Wildman–Crippen MR) is 89.4 cm³/mol. The minimum atomic E-state index is -0.234. The molecule has 2 aromatic carbocycles. The highest BCUT2D eigenvalue weighted by Gasteiger charge is 2.09. The molecule has 2 aromatic rings. The van der Waals surface area contributed by atoms with Gasteiger partial charge < -0.3 is 11.1 Å². The second-order valence-electron chi connectivity index (χ2n) is 4.02. The summed E-state index contributed by atoms with van der Waals surface area (Å²) < 4.78 is 0.910. The maximum absolute atomic E-state index is 12.1. The van der Waals surface area contributed by atoms with E-state index < -0.39 is 0 Å². The summed E-state index contributed by atoms with van der Waals surface area (Å²) in [6, 6.07) is 12.0. The van der Waals surface area contributed by atoms with Crippen LogP contribution in [0.2, 0.25) is 5.02 Å². The van der Waals surface area contributed by atoms with Gasteiger partial charge in [0.1, 0.15) is 4.99 Å². The van der Waals surface area contributed by atoms with Crippen molar-refractivity contribution in [3.8, 4) is 0 Å². The van der Waals surface area contributed by atoms with E-state index in [1.807, 2.05) is 0 Å². The molecule has 0 atom stereocenters. The van der Waals surface area contributed by atoms with Gasteiger partial charge in [-0.1, -0.05) is 39.7 Å². The number of carbonyl (C=O) groups is 1. The maximum atomic E-state index is 12.1. The SMILES string of the molecule is NC(=S)c1ccc(NC(=O)c2ccc(Br)cc2)c(Cl)c1. The van der Waals surface area contributed by atoms with Crippen LogP contribution in [0.25, 0.3) is 0 Å². The van der Waals surface area contributed by atoms with Crippen molar-refractivity contribution < 1.29 is 4.79 Å². The molecule has 0 radical (unpaired) electrons. The van der Waals surface area contributed by atoms with Gasteiger partial charge in [-0.3, -0.25) is 4.79 Å². The number of hydrogen-bond acceptors (Lipinski definition) is 2. The molecule has 102 valence electrons. The molecule has 0 saturated carbocycles. The number of rotatable bonds is 3. The Morgan fingerprint density at radius 1 is 1.15 bits per heavy atom. The summed E-state index contributed by atoms with van der Waals surface area (Å²) in [6.45, 7) is 0. The number of carbonyl (C=O) groups excluding carboxylic acids is 1. The zero-order chi connectivity index (χ0) is 14.7. The smallest absolute Gasteiger partial charge is 0.255 e. The highest BCUT2D eigenvalue weighted by Crippen LogP contribution is 2.24. The molecule has 0 heterocycles. The lowest BCUT2D eigenvalue weighted by molar-refractivity contribution is 0.102. The fourth-order valence-electron chi connectivity index (χ4n) is 1.57. The molecule has 3 N–H and O–H groups in total. The first-order valence-corrected chi connectivity index (χ1v) is 7.21. The molecular formula is C14H10BrClN2OS. The number of benzene rings is 2. The zero-order valence-electron chi connectivity index (χ0n) is 10.2. The van der Waals surface area contributed by atoms with E-state index in [1.54, 1.807) is 42.5 Å². The van der Waals surface area contributed by atoms with Crippen LogP contribution in [0.1, 0.15) is 15.9 Å². The van der Waals surface area contributed by atoms with E-state index in [2.05, 4.69) is 21.2 Å². The van der Waals surface area contributed by atoms with E-state index in [1.165, 1.54) is 0 Å². The molecule has 1 amide bonds. The normalized spacial score (nSPS) is 10.1. The summed E-state index contributed by atoms with van der Waals surface area (Å²) in [5, 5.41) is 3.13. The summed E-state index contributed by atoms with van der Waals surface area (Å²) in [7, 11) is 0. The predicted octanol–water partition coefficient (Wildman–Crippen LogP) is 3.99. The van der Waals surface area contributed by atoms with Crippen LogP contribution in [0.5, 0.6) is 0 Å². The Bertz CT molecular complexity index is 673. The van der Waals surface area contributed by atoms with E-state index in [9.17, 15) is 4.79 Å². The molecule has 2 rings (SSSR count). The fourth-order valence-corrected chi connectivity index (χ4v) is 2.18. The second kappa shape index (κ2) is 6.35. The molecular weight excluding hydrogens is 360 g/mol. The van der Waals surface area contributed by atoms with Gasteiger partial charge >= 0.3 is 0 Å². The quantitative estimate of drug-likeness (QED) is 0.804. The van der Waals surface area contributed by atoms with Gasteiger partial charge in [-0.2, -0.15) is 0 Å². The highest BCUT2D eigenvalue weighted by molar-refractivity contribution is 9.10. The van der Waals surface area contributed by atoms with Gasteiger partial charge in [-0.05, 0) is 42.5 Å². The van der Waals surface area contributed by atoms with Crippen molar-refractivity contribution in [1.29, 1.82) is 0 Å². The van der Waals surface area contributed by atoms with Crippen molar-refractivity contribution in [1.82, 2.24) is 0 Å². The molecule has 0 fully saturated rings. The van der Waals surface area contributed by atoms with Gasteiger partial charge in [0.05, 0.1) is 10.7 Å². The summed E-state index contributed by atoms with van der Waals surface area (Å²) in [5.41, 5.74) is 7.24. The molecule has 0 bridgehead atoms. The topological polar surface area (TPSA) is 55.1 Å². The van der Waals surface area contributed by atoms with Crippen molar-refractivity contribution in [3.05, 3.63) is 63.1 Å². The fraction of sp³-hybridized carbons (Fsp3) is 0. The van der Waals surface area contributed by atoms with Crippen molar-refractivity contribution in [3.63, 3.8) is 0 Å². The lowest BCUT2D eigenvalue weighted by atomic mass is 10.2. The van der Waals surface area contributed by atoms with Crippen molar-refractivity contribution in [2.45, 2.75) is 0 Å². The van der Waals surface area contributed by atoms with Gasteiger partial charge in [-0.25, -0.2) is 0 Å². The van der Waals surface area contributed by atoms with Crippen molar-refractivity contribution in [2.75, 3.05) is 5.32 Å². The number of thiocarbonyl (C=S) groups is 1. The number of halogens is 2. The number of nitrogens with two attached hydrogens (primary N) is 1. The van der Waals surface area contributed by atoms with E-state index in [0.717, 1.165) is 4.47 Å². The lowest BCUT2D eigenvalue weighted by Gasteiger charge is -2.08. The van der Waals surface area contributed by atoms with Gasteiger partial charge in [0.2, 0.25) is 0 Å². The van der Waals surface area contributed by atoms with Crippen LogP contribution in [-0.2, 0) is 0 Å². The monoisotopic (exact) mass is 368 g/mol. The average Bonchev–Trinajstić information content (AvgIpc) is 2.41. The number of nitrogens with one attached hydrogen (secondary N) is 1. The minimum absolute atomic E-state index is 0.234. The van der Waals surface area contributed by atoms with Crippen LogP contribution >= 0.6 is 39.7 Å². The second-order valence-corrected chi connectivity index (χ2v) is 5.78. The van der Waals surface area contributed by atoms with Crippen LogP contribution in [-0.4, -0.2) is 10.9 Å². The molecule has 0 saturated heterocycles. The third kappa shape index (κ3) is 3.56. The van der Waals surface area contributed by atoms with Gasteiger partial charge in [0, 0.05) is 15.6 Å². The minimum Gasteiger partial charge on any atom is -0.389 e. The molecule has 3 nitrogen and oxygen atoms in total. The first kappa shape index (κ1) is 15.0. The lowest BCUT2D eigenvalue weighted by Crippen LogP contribution is -2.13. The zero-order valence-corrected chi connectivity index (χ0v) is 13.3. The Kier molecular flexibility index (Phi) is 4.75. The molecule has 6 heteroatoms. The Morgan fingerprint density at radius 3 is 2.30 bits per heavy atom. The van der Waals surface area contributed by atoms with Gasteiger partial charge in [0.25, 0.3) is 5.91 Å². The van der Waals surface area contributed by atoms with Crippen LogP contribution < -0.4 is 11.1 Å². The van der Waals surface area contributed by atoms with E-state index in [0.29, 0.717) is 21.8 Å². The molecule has 20 heavy (non-hydrogen) atoms. The summed E-state index contributed by atoms with van der Waals surface area (Å²) >= 11 is 14.3. The standard InChI is InChI=1S/C14H10BrClN2OS/c15-10-4-1-8(2-5-10)14(19)18-12-6-3-9(13(17)20)7-11(12)16/h1-7H,(H2,17,20)(H,18,19). The largest absolute Gasteiger partial charge is 0.389 e. The van der Waals surface area contributed by atoms with Crippen LogP contribution in [0, 0.1) is 0 Å². The highest BCUT2D eigenvalue weighted by atomic mass is 79.9. The third-order valence-corrected chi connectivity index (χ3v) is 3.69. The number of amides is 1. The Hall–Kier alpha value is -1.43. The van der Waals surface area contributed by atoms with E-state index in [4.69, 9.17) is 29.6 Å². The van der Waals surface area contributed by atoms with Gasteiger partial charge in [0.15, 0.2) is 0 Å². The molecule has 0 spiro atoms. The first-order valence-electron chi connectivity index (χ1n) is 5.63. The average molecular weight is 370 g/mol. The summed E-state index contributed by atoms with van der Waals surface area (Å²) in [6.07, 6.45) is 0. The molecule has 0 unspecified atom stereocenters. The van der Waals surface area contributed by atoms with Crippen LogP contribution in [0.3, 0.4) is 0 Å². The van der Waals surface area contributed by atoms with Crippen molar-refractivity contribution in [2.24, 2.45) is 5.73 Å². The van der Waals surface area contributed by atoms with E-state index in [-0.39, 0.29) is 10.9 Å². The van der Waals surface area contributed by atoms with Crippen LogP contribution in [0.15, 0.2) is 46.9 Å². The summed E-state index contributed by atoms with van der Waals surface area (Å²) in [5.74, 6) is -0.234. The van der Waals surface area contributed by atoms with Gasteiger partial charge in [-0.15, -0.1) is 0 Å². The Morgan fingerprint density at radius 2 is 1.75 bits per heavy atom. The number of hydrogen-bond donors (Lipinski definition) is 2. The number of anilines is 1. The molecule has 0 aliphatic heterocycles. The van der Waals surface area contributed by atoms with Crippen molar-refractivity contribution >= 4 is 56.3 Å². The van der Waals surface area contributed by atoms with Crippen LogP contribution in [0.4, 0.5) is 5.69 Å². The molecule has 0 aliphatic carbocycles. The Balaban J connectivity index is 2.19. The molecule has 0 aromatic heterocycles. The molecule has 0 aliphatic rings. The summed E-state index contributed by atoms with van der Waals surface area (Å²) in [4.78, 5) is 12.3. The first-order chi connectivity index (χ1) is 9.47. The maximum Gasteiger partial charge on any atom is 0.255 e.